The fourth-order valence-corrected chi connectivity index (χ4v) is 0.500. The van der Waals surface area contributed by atoms with Crippen molar-refractivity contribution >= 4 is 0 Å². The van der Waals surface area contributed by atoms with Gasteiger partial charge in [0.05, 0.1) is 0 Å². The van der Waals surface area contributed by atoms with E-state index >= 15 is 0 Å². The Morgan fingerprint density at radius 3 is 1.00 bits per heavy atom. The fourth-order valence-electron chi connectivity index (χ4n) is 0.500. The molecule has 0 aromatic rings. The Morgan fingerprint density at radius 1 is 0.769 bits per heavy atom. The van der Waals surface area contributed by atoms with E-state index in [4.69, 9.17) is 0 Å². The summed E-state index contributed by atoms with van der Waals surface area (Å²) in [6.07, 6.45) is 7.31. The first kappa shape index (κ1) is 29.2. The third-order valence-corrected chi connectivity index (χ3v) is 1.21. The van der Waals surface area contributed by atoms with E-state index < -0.39 is 0 Å². The fraction of sp³-hybridized carbons (Fsp3) is 0.800. The molecule has 0 aliphatic heterocycles. The summed E-state index contributed by atoms with van der Waals surface area (Å²) in [5.74, 6) is 0. The van der Waals surface area contributed by atoms with Gasteiger partial charge in [-0.25, -0.2) is 0 Å². The van der Waals surface area contributed by atoms with Gasteiger partial charge < -0.3 is 24.8 Å². The standard InChI is InChI=1S/2C5H11.2H2O.Ti/c2*1-3-5-4-2;;;/h2*1,3-5H2,2H3;2*1H2;/q2*-1;;;+2. The van der Waals surface area contributed by atoms with E-state index in [9.17, 15) is 0 Å². The Balaban J connectivity index is -0.0000000267. The molecule has 3 heteroatoms. The van der Waals surface area contributed by atoms with Crippen molar-refractivity contribution in [3.05, 3.63) is 13.8 Å². The van der Waals surface area contributed by atoms with Crippen LogP contribution in [0.15, 0.2) is 0 Å². The summed E-state index contributed by atoms with van der Waals surface area (Å²) in [4.78, 5) is 0. The zero-order chi connectivity index (χ0) is 8.24. The Morgan fingerprint density at radius 2 is 1.00 bits per heavy atom. The van der Waals surface area contributed by atoms with E-state index in [0.717, 1.165) is 12.8 Å². The van der Waals surface area contributed by atoms with Crippen LogP contribution in [0.5, 0.6) is 0 Å². The summed E-state index contributed by atoms with van der Waals surface area (Å²) in [6.45, 7) is 11.7. The predicted molar refractivity (Wildman–Crippen MR) is 57.0 cm³/mol. The Bertz CT molecular complexity index is 33.9. The molecule has 0 aliphatic carbocycles. The molecule has 0 aromatic heterocycles. The van der Waals surface area contributed by atoms with Crippen LogP contribution in [0.3, 0.4) is 0 Å². The smallest absolute Gasteiger partial charge is 0.412 e. The number of hydrogen-bond donors (Lipinski definition) is 0. The van der Waals surface area contributed by atoms with Crippen molar-refractivity contribution in [1.29, 1.82) is 0 Å². The molecule has 0 fully saturated rings. The first-order valence-corrected chi connectivity index (χ1v) is 4.41. The molecule has 0 spiro atoms. The average molecular weight is 226 g/mol. The maximum Gasteiger partial charge on any atom is 2.00 e. The van der Waals surface area contributed by atoms with Crippen LogP contribution in [-0.4, -0.2) is 11.0 Å². The minimum Gasteiger partial charge on any atom is -0.412 e. The predicted octanol–water partition coefficient (Wildman–Crippen LogP) is 2.37. The molecule has 4 N–H and O–H groups in total. The summed E-state index contributed by atoms with van der Waals surface area (Å²) >= 11 is 0. The number of hydrogen-bond acceptors (Lipinski definition) is 0. The molecule has 0 aliphatic rings. The van der Waals surface area contributed by atoms with Gasteiger partial charge in [0.15, 0.2) is 0 Å². The van der Waals surface area contributed by atoms with E-state index in [0.29, 0.717) is 0 Å². The number of rotatable bonds is 4. The normalized spacial score (nSPS) is 6.46. The molecule has 0 saturated carbocycles. The van der Waals surface area contributed by atoms with Crippen LogP contribution in [-0.2, 0) is 21.7 Å². The third kappa shape index (κ3) is 66.5. The third-order valence-electron chi connectivity index (χ3n) is 1.21. The van der Waals surface area contributed by atoms with Gasteiger partial charge in [-0.1, -0.05) is 39.5 Å². The molecule has 0 radical (unpaired) electrons. The molecule has 82 valence electrons. The summed E-state index contributed by atoms with van der Waals surface area (Å²) in [6, 6.07) is 0. The summed E-state index contributed by atoms with van der Waals surface area (Å²) in [5, 5.41) is 0. The van der Waals surface area contributed by atoms with Crippen molar-refractivity contribution in [3.63, 3.8) is 0 Å². The molecule has 0 bridgehead atoms. The zero-order valence-corrected chi connectivity index (χ0v) is 10.7. The van der Waals surface area contributed by atoms with E-state index in [2.05, 4.69) is 27.7 Å². The van der Waals surface area contributed by atoms with Crippen LogP contribution in [0.4, 0.5) is 0 Å². The van der Waals surface area contributed by atoms with Crippen molar-refractivity contribution in [1.82, 2.24) is 0 Å². The van der Waals surface area contributed by atoms with E-state index in [1.807, 2.05) is 0 Å². The molecule has 2 nitrogen and oxygen atoms in total. The van der Waals surface area contributed by atoms with Crippen molar-refractivity contribution < 1.29 is 32.7 Å². The molecule has 0 rings (SSSR count). The first-order chi connectivity index (χ1) is 4.83. The molecule has 0 atom stereocenters. The van der Waals surface area contributed by atoms with E-state index in [-0.39, 0.29) is 32.7 Å². The first-order valence-electron chi connectivity index (χ1n) is 4.41. The van der Waals surface area contributed by atoms with Crippen molar-refractivity contribution in [2.45, 2.75) is 52.4 Å². The quantitative estimate of drug-likeness (QED) is 0.522. The van der Waals surface area contributed by atoms with Crippen LogP contribution in [0, 0.1) is 13.8 Å². The topological polar surface area (TPSA) is 63.0 Å². The van der Waals surface area contributed by atoms with Gasteiger partial charge in [0.1, 0.15) is 0 Å². The van der Waals surface area contributed by atoms with Crippen molar-refractivity contribution in [2.24, 2.45) is 0 Å². The van der Waals surface area contributed by atoms with Gasteiger partial charge in [-0.3, -0.25) is 0 Å². The number of unbranched alkanes of at least 4 members (excludes halogenated alkanes) is 4. The second-order valence-electron chi connectivity index (χ2n) is 2.41. The molecule has 0 saturated heterocycles. The molecule has 13 heavy (non-hydrogen) atoms. The monoisotopic (exact) mass is 226 g/mol. The molecule has 0 heterocycles. The Labute approximate surface area is 99.0 Å². The molecular weight excluding hydrogens is 200 g/mol. The molecule has 0 unspecified atom stereocenters. The summed E-state index contributed by atoms with van der Waals surface area (Å²) in [5.41, 5.74) is 0. The van der Waals surface area contributed by atoms with Gasteiger partial charge in [0.2, 0.25) is 0 Å². The molecule has 0 amide bonds. The molecular formula is C10H26O2Ti. The minimum atomic E-state index is 0. The second kappa shape index (κ2) is 38.9. The zero-order valence-electron chi connectivity index (χ0n) is 9.16. The average Bonchev–Trinajstić information content (AvgIpc) is 1.93. The largest absolute Gasteiger partial charge is 2.00 e. The van der Waals surface area contributed by atoms with Crippen molar-refractivity contribution in [2.75, 3.05) is 0 Å². The second-order valence-corrected chi connectivity index (χ2v) is 2.41. The van der Waals surface area contributed by atoms with E-state index in [1.54, 1.807) is 0 Å². The van der Waals surface area contributed by atoms with Gasteiger partial charge in [-0.15, -0.1) is 0 Å². The van der Waals surface area contributed by atoms with Gasteiger partial charge in [-0.2, -0.15) is 12.8 Å². The van der Waals surface area contributed by atoms with Gasteiger partial charge in [0, 0.05) is 0 Å². The van der Waals surface area contributed by atoms with Gasteiger partial charge >= 0.3 is 21.7 Å². The van der Waals surface area contributed by atoms with Crippen LogP contribution in [0.2, 0.25) is 0 Å². The molecule has 0 aromatic carbocycles. The van der Waals surface area contributed by atoms with Crippen molar-refractivity contribution in [3.8, 4) is 0 Å². The Hall–Kier alpha value is 0.634. The summed E-state index contributed by atoms with van der Waals surface area (Å²) < 4.78 is 0. The van der Waals surface area contributed by atoms with E-state index in [1.165, 1.54) is 25.7 Å². The maximum atomic E-state index is 3.68. The minimum absolute atomic E-state index is 0. The van der Waals surface area contributed by atoms with Crippen LogP contribution in [0.25, 0.3) is 0 Å². The van der Waals surface area contributed by atoms with Crippen LogP contribution >= 0.6 is 0 Å². The Kier molecular flexibility index (Phi) is 87.3. The van der Waals surface area contributed by atoms with Crippen LogP contribution < -0.4 is 0 Å². The SMILES string of the molecule is O.O.[CH2-]CCCC.[CH2-]CCCC.[Ti+2]. The maximum absolute atomic E-state index is 3.68. The summed E-state index contributed by atoms with van der Waals surface area (Å²) in [7, 11) is 0. The van der Waals surface area contributed by atoms with Gasteiger partial charge in [0.25, 0.3) is 0 Å². The van der Waals surface area contributed by atoms with Gasteiger partial charge in [-0.05, 0) is 0 Å². The van der Waals surface area contributed by atoms with Crippen LogP contribution in [0.1, 0.15) is 52.4 Å².